The third-order valence-electron chi connectivity index (χ3n) is 4.16. The van der Waals surface area contributed by atoms with Crippen LogP contribution < -0.4 is 10.6 Å². The van der Waals surface area contributed by atoms with Crippen molar-refractivity contribution in [3.05, 3.63) is 29.8 Å². The average Bonchev–Trinajstić information content (AvgIpc) is 2.75. The van der Waals surface area contributed by atoms with Gasteiger partial charge in [0.25, 0.3) is 0 Å². The quantitative estimate of drug-likeness (QED) is 0.846. The largest absolute Gasteiger partial charge is 0.444 e. The van der Waals surface area contributed by atoms with Crippen LogP contribution in [0.2, 0.25) is 0 Å². The molecule has 4 heteroatoms. The molecule has 0 aromatic heterocycles. The maximum atomic E-state index is 11.7. The van der Waals surface area contributed by atoms with Gasteiger partial charge in [-0.1, -0.05) is 26.0 Å². The van der Waals surface area contributed by atoms with Crippen molar-refractivity contribution < 1.29 is 9.53 Å². The van der Waals surface area contributed by atoms with Crippen LogP contribution in [0.5, 0.6) is 0 Å². The Balaban J connectivity index is 1.79. The number of carbonyl (C=O) groups excluding carboxylic acids is 1. The van der Waals surface area contributed by atoms with Crippen molar-refractivity contribution in [3.63, 3.8) is 0 Å². The summed E-state index contributed by atoms with van der Waals surface area (Å²) in [4.78, 5) is 11.7. The maximum absolute atomic E-state index is 11.7. The van der Waals surface area contributed by atoms with E-state index >= 15 is 0 Å². The predicted octanol–water partition coefficient (Wildman–Crippen LogP) is 4.70. The first kappa shape index (κ1) is 17.8. The zero-order valence-electron chi connectivity index (χ0n) is 15.0. The smallest absolute Gasteiger partial charge is 0.412 e. The van der Waals surface area contributed by atoms with E-state index < -0.39 is 11.7 Å². The molecule has 0 bridgehead atoms. The van der Waals surface area contributed by atoms with E-state index in [-0.39, 0.29) is 0 Å². The third-order valence-corrected chi connectivity index (χ3v) is 4.16. The number of hydrogen-bond donors (Lipinski definition) is 2. The second-order valence-electron chi connectivity index (χ2n) is 8.31. The van der Waals surface area contributed by atoms with Gasteiger partial charge in [-0.05, 0) is 63.1 Å². The van der Waals surface area contributed by atoms with Crippen molar-refractivity contribution in [2.24, 2.45) is 5.41 Å². The van der Waals surface area contributed by atoms with Crippen molar-refractivity contribution in [1.29, 1.82) is 0 Å². The fourth-order valence-corrected chi connectivity index (χ4v) is 3.00. The molecular formula is C19H30N2O2. The number of carbonyl (C=O) groups is 1. The first-order valence-corrected chi connectivity index (χ1v) is 8.45. The molecular weight excluding hydrogens is 288 g/mol. The lowest BCUT2D eigenvalue weighted by Crippen LogP contribution is -2.27. The molecule has 128 valence electrons. The molecule has 1 unspecified atom stereocenters. The van der Waals surface area contributed by atoms with Gasteiger partial charge in [-0.2, -0.15) is 0 Å². The number of rotatable bonds is 4. The molecule has 23 heavy (non-hydrogen) atoms. The molecule has 0 heterocycles. The molecule has 2 rings (SSSR count). The number of hydrogen-bond acceptors (Lipinski definition) is 3. The molecule has 1 aromatic rings. The van der Waals surface area contributed by atoms with Gasteiger partial charge in [-0.3, -0.25) is 5.32 Å². The van der Waals surface area contributed by atoms with Crippen molar-refractivity contribution in [3.8, 4) is 0 Å². The minimum Gasteiger partial charge on any atom is -0.444 e. The third kappa shape index (κ3) is 6.22. The molecule has 1 saturated carbocycles. The van der Waals surface area contributed by atoms with Crippen LogP contribution in [-0.4, -0.2) is 17.7 Å². The minimum absolute atomic E-state index is 0.420. The summed E-state index contributed by atoms with van der Waals surface area (Å²) < 4.78 is 5.24. The van der Waals surface area contributed by atoms with E-state index in [2.05, 4.69) is 24.5 Å². The van der Waals surface area contributed by atoms with Gasteiger partial charge >= 0.3 is 6.09 Å². The van der Waals surface area contributed by atoms with Crippen LogP contribution in [0.25, 0.3) is 0 Å². The van der Waals surface area contributed by atoms with E-state index in [9.17, 15) is 4.79 Å². The van der Waals surface area contributed by atoms with Gasteiger partial charge in [0, 0.05) is 18.3 Å². The molecule has 1 fully saturated rings. The highest BCUT2D eigenvalue weighted by Gasteiger charge is 2.30. The Kier molecular flexibility index (Phi) is 5.35. The summed E-state index contributed by atoms with van der Waals surface area (Å²) >= 11 is 0. The van der Waals surface area contributed by atoms with E-state index in [1.54, 1.807) is 0 Å². The highest BCUT2D eigenvalue weighted by Crippen LogP contribution is 2.36. The first-order chi connectivity index (χ1) is 10.6. The zero-order chi connectivity index (χ0) is 17.1. The van der Waals surface area contributed by atoms with E-state index in [4.69, 9.17) is 4.74 Å². The molecule has 1 amide bonds. The van der Waals surface area contributed by atoms with Crippen LogP contribution >= 0.6 is 0 Å². The van der Waals surface area contributed by atoms with Gasteiger partial charge in [-0.15, -0.1) is 0 Å². The molecule has 0 spiro atoms. The highest BCUT2D eigenvalue weighted by atomic mass is 16.6. The normalized spacial score (nSPS) is 20.3. The number of ether oxygens (including phenoxy) is 1. The van der Waals surface area contributed by atoms with E-state index in [0.717, 1.165) is 12.2 Å². The van der Waals surface area contributed by atoms with Gasteiger partial charge in [0.1, 0.15) is 5.60 Å². The van der Waals surface area contributed by atoms with Gasteiger partial charge in [-0.25, -0.2) is 4.79 Å². The second kappa shape index (κ2) is 6.91. The van der Waals surface area contributed by atoms with Crippen LogP contribution in [0.4, 0.5) is 10.5 Å². The lowest BCUT2D eigenvalue weighted by Gasteiger charge is -2.20. The summed E-state index contributed by atoms with van der Waals surface area (Å²) in [5.74, 6) is 0. The molecule has 1 aliphatic rings. The summed E-state index contributed by atoms with van der Waals surface area (Å²) in [5, 5.41) is 6.38. The second-order valence-corrected chi connectivity index (χ2v) is 8.31. The zero-order valence-corrected chi connectivity index (χ0v) is 15.0. The Morgan fingerprint density at radius 3 is 2.43 bits per heavy atom. The van der Waals surface area contributed by atoms with Crippen molar-refractivity contribution in [2.45, 2.75) is 72.1 Å². The molecule has 1 aliphatic carbocycles. The number of benzene rings is 1. The van der Waals surface area contributed by atoms with Gasteiger partial charge in [0.05, 0.1) is 0 Å². The summed E-state index contributed by atoms with van der Waals surface area (Å²) in [6.07, 6.45) is 3.37. The fraction of sp³-hybridized carbons (Fsp3) is 0.632. The van der Waals surface area contributed by atoms with Crippen LogP contribution in [0.1, 0.15) is 59.4 Å². The van der Waals surface area contributed by atoms with Gasteiger partial charge in [0.2, 0.25) is 0 Å². The topological polar surface area (TPSA) is 50.4 Å². The van der Waals surface area contributed by atoms with Crippen molar-refractivity contribution in [1.82, 2.24) is 5.32 Å². The summed E-state index contributed by atoms with van der Waals surface area (Å²) in [5.41, 5.74) is 1.97. The molecule has 1 aromatic carbocycles. The molecule has 0 radical (unpaired) electrons. The lowest BCUT2D eigenvalue weighted by molar-refractivity contribution is 0.0636. The molecule has 0 aliphatic heterocycles. The fourth-order valence-electron chi connectivity index (χ4n) is 3.00. The van der Waals surface area contributed by atoms with Crippen molar-refractivity contribution in [2.75, 3.05) is 5.32 Å². The Morgan fingerprint density at radius 1 is 1.26 bits per heavy atom. The Morgan fingerprint density at radius 2 is 1.91 bits per heavy atom. The minimum atomic E-state index is -0.483. The Labute approximate surface area is 140 Å². The van der Waals surface area contributed by atoms with Gasteiger partial charge < -0.3 is 10.1 Å². The summed E-state index contributed by atoms with van der Waals surface area (Å²) in [6, 6.07) is 8.53. The molecule has 4 nitrogen and oxygen atoms in total. The van der Waals surface area contributed by atoms with Crippen LogP contribution in [0.3, 0.4) is 0 Å². The number of anilines is 1. The van der Waals surface area contributed by atoms with E-state index in [0.29, 0.717) is 11.5 Å². The standard InChI is InChI=1S/C19H30N2O2/c1-18(2,3)23-17(22)21-15-8-6-14(7-9-15)13-20-16-10-11-19(4,5)12-16/h6-9,16,20H,10-13H2,1-5H3,(H,21,22). The maximum Gasteiger partial charge on any atom is 0.412 e. The molecule has 2 N–H and O–H groups in total. The SMILES string of the molecule is CC1(C)CCC(NCc2ccc(NC(=O)OC(C)(C)C)cc2)C1. The Hall–Kier alpha value is -1.55. The molecule has 1 atom stereocenters. The Bertz CT molecular complexity index is 529. The van der Waals surface area contributed by atoms with E-state index in [1.807, 2.05) is 45.0 Å². The van der Waals surface area contributed by atoms with E-state index in [1.165, 1.54) is 24.8 Å². The average molecular weight is 318 g/mol. The van der Waals surface area contributed by atoms with Crippen LogP contribution in [0.15, 0.2) is 24.3 Å². The van der Waals surface area contributed by atoms with Gasteiger partial charge in [0.15, 0.2) is 0 Å². The summed E-state index contributed by atoms with van der Waals surface area (Å²) in [7, 11) is 0. The van der Waals surface area contributed by atoms with Crippen LogP contribution in [-0.2, 0) is 11.3 Å². The van der Waals surface area contributed by atoms with Crippen LogP contribution in [0, 0.1) is 5.41 Å². The molecule has 0 saturated heterocycles. The summed E-state index contributed by atoms with van der Waals surface area (Å²) in [6.45, 7) is 11.1. The number of nitrogens with one attached hydrogen (secondary N) is 2. The monoisotopic (exact) mass is 318 g/mol. The predicted molar refractivity (Wildman–Crippen MR) is 94.6 cm³/mol. The van der Waals surface area contributed by atoms with Crippen molar-refractivity contribution >= 4 is 11.8 Å². The number of amides is 1. The lowest BCUT2D eigenvalue weighted by atomic mass is 9.92. The first-order valence-electron chi connectivity index (χ1n) is 8.45. The highest BCUT2D eigenvalue weighted by molar-refractivity contribution is 5.84.